The Hall–Kier alpha value is -1.80. The van der Waals surface area contributed by atoms with Gasteiger partial charge in [0.2, 0.25) is 0 Å². The summed E-state index contributed by atoms with van der Waals surface area (Å²) >= 11 is 12.8. The molecule has 9 heteroatoms. The number of hydrogen-bond donors (Lipinski definition) is 2. The number of hydrogen-bond acceptors (Lipinski definition) is 4. The lowest BCUT2D eigenvalue weighted by Gasteiger charge is -2.34. The number of amidine groups is 1. The second-order valence-corrected chi connectivity index (χ2v) is 10.2. The summed E-state index contributed by atoms with van der Waals surface area (Å²) in [6, 6.07) is 11.5. The number of benzene rings is 2. The van der Waals surface area contributed by atoms with Crippen molar-refractivity contribution in [3.8, 4) is 0 Å². The third kappa shape index (κ3) is 4.69. The first-order chi connectivity index (χ1) is 13.5. The standard InChI is InChI=1S/C20H23Cl2N3O3S/c1-13-7-9-15(10-8-13)29(27,28)24-23-19(18-16(21)5-4-6-17(18)22)25-12-14(26)11-20(25,2)3/h4-10,14,24,26H,11-12H2,1-3H3/b23-19+. The van der Waals surface area contributed by atoms with Crippen LogP contribution in [0.4, 0.5) is 0 Å². The van der Waals surface area contributed by atoms with Gasteiger partial charge in [-0.25, -0.2) is 0 Å². The molecule has 1 aliphatic rings. The first kappa shape index (κ1) is 21.9. The van der Waals surface area contributed by atoms with Crippen LogP contribution in [0.3, 0.4) is 0 Å². The van der Waals surface area contributed by atoms with Gasteiger partial charge in [-0.2, -0.15) is 13.2 Å². The topological polar surface area (TPSA) is 82.0 Å². The van der Waals surface area contributed by atoms with Gasteiger partial charge in [-0.15, -0.1) is 5.10 Å². The molecule has 1 heterocycles. The molecular weight excluding hydrogens is 433 g/mol. The van der Waals surface area contributed by atoms with E-state index in [1.807, 2.05) is 25.7 Å². The summed E-state index contributed by atoms with van der Waals surface area (Å²) in [5.41, 5.74) is 0.879. The summed E-state index contributed by atoms with van der Waals surface area (Å²) in [7, 11) is -3.90. The van der Waals surface area contributed by atoms with E-state index < -0.39 is 21.7 Å². The molecule has 0 amide bonds. The highest BCUT2D eigenvalue weighted by molar-refractivity contribution is 7.89. The van der Waals surface area contributed by atoms with Crippen LogP contribution in [0.25, 0.3) is 0 Å². The van der Waals surface area contributed by atoms with E-state index in [1.165, 1.54) is 12.1 Å². The highest BCUT2D eigenvalue weighted by Gasteiger charge is 2.41. The molecule has 0 aliphatic carbocycles. The first-order valence-electron chi connectivity index (χ1n) is 9.07. The maximum atomic E-state index is 12.7. The Morgan fingerprint density at radius 3 is 2.28 bits per heavy atom. The van der Waals surface area contributed by atoms with Gasteiger partial charge in [0.15, 0.2) is 5.84 Å². The molecule has 0 radical (unpaired) electrons. The van der Waals surface area contributed by atoms with Crippen molar-refractivity contribution in [1.82, 2.24) is 9.73 Å². The van der Waals surface area contributed by atoms with Crippen molar-refractivity contribution in [2.24, 2.45) is 5.10 Å². The Bertz CT molecular complexity index is 1020. The van der Waals surface area contributed by atoms with Crippen molar-refractivity contribution in [1.29, 1.82) is 0 Å². The summed E-state index contributed by atoms with van der Waals surface area (Å²) in [5.74, 6) is 0.262. The Labute approximate surface area is 181 Å². The van der Waals surface area contributed by atoms with E-state index in [4.69, 9.17) is 23.2 Å². The summed E-state index contributed by atoms with van der Waals surface area (Å²) < 4.78 is 25.5. The minimum atomic E-state index is -3.90. The van der Waals surface area contributed by atoms with Crippen LogP contribution < -0.4 is 4.83 Å². The molecule has 2 N–H and O–H groups in total. The third-order valence-electron chi connectivity index (χ3n) is 4.90. The molecule has 156 valence electrons. The normalized spacial score (nSPS) is 19.4. The van der Waals surface area contributed by atoms with Crippen molar-refractivity contribution in [3.63, 3.8) is 0 Å². The largest absolute Gasteiger partial charge is 0.391 e. The molecule has 0 bridgehead atoms. The molecule has 1 atom stereocenters. The molecule has 29 heavy (non-hydrogen) atoms. The fourth-order valence-electron chi connectivity index (χ4n) is 3.42. The number of likely N-dealkylation sites (tertiary alicyclic amines) is 1. The van der Waals surface area contributed by atoms with Gasteiger partial charge < -0.3 is 10.0 Å². The number of nitrogens with zero attached hydrogens (tertiary/aromatic N) is 2. The maximum Gasteiger partial charge on any atom is 0.276 e. The number of nitrogens with one attached hydrogen (secondary N) is 1. The second-order valence-electron chi connectivity index (χ2n) is 7.72. The monoisotopic (exact) mass is 455 g/mol. The van der Waals surface area contributed by atoms with E-state index in [0.717, 1.165) is 5.56 Å². The summed E-state index contributed by atoms with van der Waals surface area (Å²) in [6.45, 7) is 6.04. The molecule has 1 saturated heterocycles. The minimum Gasteiger partial charge on any atom is -0.391 e. The van der Waals surface area contributed by atoms with Gasteiger partial charge in [-0.05, 0) is 51.5 Å². The van der Waals surface area contributed by atoms with Gasteiger partial charge >= 0.3 is 0 Å². The van der Waals surface area contributed by atoms with Gasteiger partial charge in [0.05, 0.1) is 26.6 Å². The van der Waals surface area contributed by atoms with Crippen LogP contribution >= 0.6 is 23.2 Å². The number of rotatable bonds is 4. The number of aliphatic hydroxyl groups excluding tert-OH is 1. The number of halogens is 2. The van der Waals surface area contributed by atoms with Crippen LogP contribution in [0.2, 0.25) is 10.0 Å². The molecule has 2 aromatic carbocycles. The number of sulfonamides is 1. The zero-order valence-electron chi connectivity index (χ0n) is 16.4. The number of aryl methyl sites for hydroxylation is 1. The Morgan fingerprint density at radius 1 is 1.17 bits per heavy atom. The molecule has 1 unspecified atom stereocenters. The average molecular weight is 456 g/mol. The van der Waals surface area contributed by atoms with Gasteiger partial charge in [0.25, 0.3) is 10.0 Å². The molecule has 1 fully saturated rings. The van der Waals surface area contributed by atoms with Gasteiger partial charge in [-0.3, -0.25) is 0 Å². The van der Waals surface area contributed by atoms with Crippen molar-refractivity contribution in [2.75, 3.05) is 6.54 Å². The molecule has 3 rings (SSSR count). The van der Waals surface area contributed by atoms with E-state index in [2.05, 4.69) is 9.93 Å². The lowest BCUT2D eigenvalue weighted by atomic mass is 10.0. The molecule has 6 nitrogen and oxygen atoms in total. The van der Waals surface area contributed by atoms with Crippen LogP contribution in [0.1, 0.15) is 31.4 Å². The quantitative estimate of drug-likeness (QED) is 0.417. The average Bonchev–Trinajstić information content (AvgIpc) is 2.90. The van der Waals surface area contributed by atoms with E-state index in [0.29, 0.717) is 22.0 Å². The smallest absolute Gasteiger partial charge is 0.276 e. The molecule has 1 aliphatic heterocycles. The molecule has 2 aromatic rings. The molecule has 0 aromatic heterocycles. The lowest BCUT2D eigenvalue weighted by molar-refractivity contribution is 0.186. The van der Waals surface area contributed by atoms with E-state index in [9.17, 15) is 13.5 Å². The van der Waals surface area contributed by atoms with E-state index in [-0.39, 0.29) is 17.3 Å². The molecule has 0 spiro atoms. The van der Waals surface area contributed by atoms with Gasteiger partial charge in [0, 0.05) is 12.1 Å². The zero-order chi connectivity index (χ0) is 21.4. The zero-order valence-corrected chi connectivity index (χ0v) is 18.7. The number of aliphatic hydroxyl groups is 1. The van der Waals surface area contributed by atoms with Crippen LogP contribution in [0.15, 0.2) is 52.5 Å². The number of β-amino-alcohol motifs (C(OH)–C–C–N with tert-alkyl or cyclic N) is 1. The van der Waals surface area contributed by atoms with Crippen molar-refractivity contribution >= 4 is 39.1 Å². The fourth-order valence-corrected chi connectivity index (χ4v) is 4.79. The van der Waals surface area contributed by atoms with E-state index in [1.54, 1.807) is 30.3 Å². The summed E-state index contributed by atoms with van der Waals surface area (Å²) in [5, 5.41) is 15.1. The SMILES string of the molecule is Cc1ccc(S(=O)(=O)N/N=C(\c2c(Cl)cccc2Cl)N2CC(O)CC2(C)C)cc1. The Morgan fingerprint density at radius 2 is 1.76 bits per heavy atom. The van der Waals surface area contributed by atoms with E-state index >= 15 is 0 Å². The first-order valence-corrected chi connectivity index (χ1v) is 11.3. The van der Waals surface area contributed by atoms with Crippen molar-refractivity contribution < 1.29 is 13.5 Å². The highest BCUT2D eigenvalue weighted by atomic mass is 35.5. The van der Waals surface area contributed by atoms with Gasteiger partial charge in [0.1, 0.15) is 0 Å². The second kappa shape index (κ2) is 8.14. The lowest BCUT2D eigenvalue weighted by Crippen LogP contribution is -2.44. The predicted molar refractivity (Wildman–Crippen MR) is 116 cm³/mol. The maximum absolute atomic E-state index is 12.7. The van der Waals surface area contributed by atoms with Crippen molar-refractivity contribution in [2.45, 2.75) is 43.7 Å². The summed E-state index contributed by atoms with van der Waals surface area (Å²) in [6.07, 6.45) is -0.0797. The Kier molecular flexibility index (Phi) is 6.15. The number of hydrazone groups is 1. The van der Waals surface area contributed by atoms with Crippen LogP contribution in [0, 0.1) is 6.92 Å². The fraction of sp³-hybridized carbons (Fsp3) is 0.350. The minimum absolute atomic E-state index is 0.0946. The molecular formula is C20H23Cl2N3O3S. The van der Waals surface area contributed by atoms with Crippen LogP contribution in [-0.2, 0) is 10.0 Å². The predicted octanol–water partition coefficient (Wildman–Crippen LogP) is 3.79. The van der Waals surface area contributed by atoms with Gasteiger partial charge in [-0.1, -0.05) is 47.0 Å². The highest BCUT2D eigenvalue weighted by Crippen LogP contribution is 2.34. The third-order valence-corrected chi connectivity index (χ3v) is 6.76. The van der Waals surface area contributed by atoms with Crippen LogP contribution in [0.5, 0.6) is 0 Å². The Balaban J connectivity index is 2.07. The molecule has 0 saturated carbocycles. The van der Waals surface area contributed by atoms with Crippen LogP contribution in [-0.4, -0.2) is 42.4 Å². The van der Waals surface area contributed by atoms with Crippen molar-refractivity contribution in [3.05, 3.63) is 63.6 Å². The summed E-state index contributed by atoms with van der Waals surface area (Å²) in [4.78, 5) is 4.21.